The average molecular weight is 378 g/mol. The highest BCUT2D eigenvalue weighted by atomic mass is 19.1. The number of hydrogen-bond donors (Lipinski definition) is 2. The number of methoxy groups -OCH3 is 1. The number of alkyl halides is 1. The van der Waals surface area contributed by atoms with Crippen molar-refractivity contribution in [2.45, 2.75) is 44.9 Å². The molecule has 27 heavy (non-hydrogen) atoms. The normalized spacial score (nSPS) is 14.0. The lowest BCUT2D eigenvalue weighted by Gasteiger charge is -2.23. The Morgan fingerprint density at radius 2 is 1.70 bits per heavy atom. The molecule has 1 aromatic carbocycles. The third-order valence-corrected chi connectivity index (χ3v) is 3.88. The van der Waals surface area contributed by atoms with Gasteiger partial charge >= 0.3 is 5.97 Å². The van der Waals surface area contributed by atoms with Crippen LogP contribution < -0.4 is 10.6 Å². The number of amides is 2. The first kappa shape index (κ1) is 22.3. The van der Waals surface area contributed by atoms with Gasteiger partial charge < -0.3 is 15.4 Å². The lowest BCUT2D eigenvalue weighted by molar-refractivity contribution is -0.145. The first-order valence-electron chi connectivity index (χ1n) is 8.77. The van der Waals surface area contributed by atoms with Crippen molar-refractivity contribution in [2.75, 3.05) is 7.11 Å². The summed E-state index contributed by atoms with van der Waals surface area (Å²) in [6.07, 6.45) is -0.527. The first-order valence-corrected chi connectivity index (χ1v) is 8.77. The van der Waals surface area contributed by atoms with Crippen molar-refractivity contribution in [1.29, 1.82) is 0 Å². The lowest BCUT2D eigenvalue weighted by atomic mass is 10.0. The molecular weight excluding hydrogens is 351 g/mol. The molecule has 0 aliphatic carbocycles. The zero-order chi connectivity index (χ0) is 20.4. The number of ether oxygens (including phenoxy) is 1. The highest BCUT2D eigenvalue weighted by Gasteiger charge is 2.29. The molecule has 0 bridgehead atoms. The van der Waals surface area contributed by atoms with Crippen LogP contribution >= 0.6 is 0 Å². The standard InChI is InChI=1S/C20H27FN2O4/c1-5-15(21)18(24)22-16(11-13(2)3)19(25)23-17(20(26)27-4)12-14-9-7-6-8-10-14/h5-10,13,15-17H,1,11-12H2,2-4H3,(H,22,24)(H,23,25)/t15?,16-,17-/m0/s1. The number of hydrogen-bond acceptors (Lipinski definition) is 4. The Balaban J connectivity index is 2.90. The second kappa shape index (κ2) is 11.1. The largest absolute Gasteiger partial charge is 0.467 e. The number of carbonyl (C=O) groups is 3. The fourth-order valence-electron chi connectivity index (χ4n) is 2.52. The van der Waals surface area contributed by atoms with Gasteiger partial charge in [-0.3, -0.25) is 9.59 Å². The second-order valence-corrected chi connectivity index (χ2v) is 6.60. The topological polar surface area (TPSA) is 84.5 Å². The lowest BCUT2D eigenvalue weighted by Crippen LogP contribution is -2.53. The van der Waals surface area contributed by atoms with Gasteiger partial charge in [0.05, 0.1) is 7.11 Å². The maximum atomic E-state index is 13.5. The summed E-state index contributed by atoms with van der Waals surface area (Å²) < 4.78 is 18.3. The van der Waals surface area contributed by atoms with E-state index in [9.17, 15) is 18.8 Å². The molecule has 148 valence electrons. The van der Waals surface area contributed by atoms with Crippen LogP contribution in [0.1, 0.15) is 25.8 Å². The third-order valence-electron chi connectivity index (χ3n) is 3.88. The van der Waals surface area contributed by atoms with Crippen LogP contribution in [0.3, 0.4) is 0 Å². The van der Waals surface area contributed by atoms with Gasteiger partial charge in [-0.25, -0.2) is 9.18 Å². The highest BCUT2D eigenvalue weighted by molar-refractivity contribution is 5.92. The minimum atomic E-state index is -1.91. The van der Waals surface area contributed by atoms with Crippen LogP contribution in [-0.4, -0.2) is 43.1 Å². The summed E-state index contributed by atoms with van der Waals surface area (Å²) in [5, 5.41) is 4.98. The van der Waals surface area contributed by atoms with Crippen molar-refractivity contribution in [2.24, 2.45) is 5.92 Å². The molecule has 3 atom stereocenters. The summed E-state index contributed by atoms with van der Waals surface area (Å²) in [6, 6.07) is 7.25. The van der Waals surface area contributed by atoms with Gasteiger partial charge in [0.25, 0.3) is 5.91 Å². The number of esters is 1. The molecule has 0 saturated carbocycles. The van der Waals surface area contributed by atoms with Crippen molar-refractivity contribution in [1.82, 2.24) is 10.6 Å². The zero-order valence-corrected chi connectivity index (χ0v) is 15.9. The van der Waals surface area contributed by atoms with Crippen LogP contribution in [0.4, 0.5) is 4.39 Å². The number of benzene rings is 1. The molecule has 0 aromatic heterocycles. The van der Waals surface area contributed by atoms with Gasteiger partial charge in [-0.2, -0.15) is 0 Å². The van der Waals surface area contributed by atoms with Crippen LogP contribution in [0.5, 0.6) is 0 Å². The molecular formula is C20H27FN2O4. The predicted molar refractivity (Wildman–Crippen MR) is 101 cm³/mol. The molecule has 1 rings (SSSR count). The summed E-state index contributed by atoms with van der Waals surface area (Å²) in [5.74, 6) is -2.05. The second-order valence-electron chi connectivity index (χ2n) is 6.60. The maximum Gasteiger partial charge on any atom is 0.328 e. The third kappa shape index (κ3) is 7.60. The smallest absolute Gasteiger partial charge is 0.328 e. The van der Waals surface area contributed by atoms with Crippen LogP contribution in [0, 0.1) is 5.92 Å². The minimum absolute atomic E-state index is 0.0635. The van der Waals surface area contributed by atoms with E-state index in [1.807, 2.05) is 44.2 Å². The summed E-state index contributed by atoms with van der Waals surface area (Å²) in [5.41, 5.74) is 0.841. The van der Waals surface area contributed by atoms with E-state index in [1.165, 1.54) is 7.11 Å². The first-order chi connectivity index (χ1) is 12.8. The van der Waals surface area contributed by atoms with E-state index in [2.05, 4.69) is 17.2 Å². The number of nitrogens with one attached hydrogen (secondary N) is 2. The SMILES string of the molecule is C=CC(F)C(=O)N[C@@H](CC(C)C)C(=O)N[C@@H](Cc1ccccc1)C(=O)OC. The van der Waals surface area contributed by atoms with Crippen molar-refractivity contribution < 1.29 is 23.5 Å². The molecule has 0 spiro atoms. The molecule has 0 heterocycles. The van der Waals surface area contributed by atoms with Gasteiger partial charge in [0, 0.05) is 6.42 Å². The van der Waals surface area contributed by atoms with E-state index < -0.39 is 36.0 Å². The predicted octanol–water partition coefficient (Wildman–Crippen LogP) is 1.94. The molecule has 2 N–H and O–H groups in total. The minimum Gasteiger partial charge on any atom is -0.467 e. The molecule has 7 heteroatoms. The van der Waals surface area contributed by atoms with Crippen LogP contribution in [0.2, 0.25) is 0 Å². The van der Waals surface area contributed by atoms with Gasteiger partial charge in [-0.1, -0.05) is 50.8 Å². The molecule has 0 aliphatic heterocycles. The maximum absolute atomic E-state index is 13.5. The van der Waals surface area contributed by atoms with Gasteiger partial charge in [0.2, 0.25) is 5.91 Å². The van der Waals surface area contributed by atoms with Gasteiger partial charge in [0.1, 0.15) is 12.1 Å². The summed E-state index contributed by atoms with van der Waals surface area (Å²) in [4.78, 5) is 36.5. The van der Waals surface area contributed by atoms with Crippen LogP contribution in [-0.2, 0) is 25.5 Å². The Morgan fingerprint density at radius 1 is 1.11 bits per heavy atom. The van der Waals surface area contributed by atoms with E-state index in [4.69, 9.17) is 4.74 Å². The van der Waals surface area contributed by atoms with E-state index in [0.717, 1.165) is 11.6 Å². The van der Waals surface area contributed by atoms with Gasteiger partial charge in [-0.15, -0.1) is 0 Å². The van der Waals surface area contributed by atoms with Crippen LogP contribution in [0.25, 0.3) is 0 Å². The Bertz CT molecular complexity index is 649. The molecule has 0 fully saturated rings. The summed E-state index contributed by atoms with van der Waals surface area (Å²) in [6.45, 7) is 6.97. The molecule has 1 unspecified atom stereocenters. The van der Waals surface area contributed by atoms with E-state index in [0.29, 0.717) is 6.42 Å². The van der Waals surface area contributed by atoms with E-state index in [1.54, 1.807) is 0 Å². The monoisotopic (exact) mass is 378 g/mol. The Morgan fingerprint density at radius 3 is 2.22 bits per heavy atom. The fourth-order valence-corrected chi connectivity index (χ4v) is 2.52. The molecule has 2 amide bonds. The number of halogens is 1. The number of carbonyl (C=O) groups excluding carboxylic acids is 3. The zero-order valence-electron chi connectivity index (χ0n) is 15.9. The summed E-state index contributed by atoms with van der Waals surface area (Å²) >= 11 is 0. The van der Waals surface area contributed by atoms with Gasteiger partial charge in [0.15, 0.2) is 6.17 Å². The van der Waals surface area contributed by atoms with E-state index in [-0.39, 0.29) is 12.3 Å². The molecule has 0 aliphatic rings. The molecule has 6 nitrogen and oxygen atoms in total. The molecule has 1 aromatic rings. The summed E-state index contributed by atoms with van der Waals surface area (Å²) in [7, 11) is 1.23. The fraction of sp³-hybridized carbons (Fsp3) is 0.450. The van der Waals surface area contributed by atoms with Crippen molar-refractivity contribution >= 4 is 17.8 Å². The Hall–Kier alpha value is -2.70. The van der Waals surface area contributed by atoms with Crippen molar-refractivity contribution in [3.63, 3.8) is 0 Å². The molecule has 0 radical (unpaired) electrons. The van der Waals surface area contributed by atoms with E-state index >= 15 is 0 Å². The Labute approximate surface area is 159 Å². The Kier molecular flexibility index (Phi) is 9.19. The number of rotatable bonds is 10. The average Bonchev–Trinajstić information content (AvgIpc) is 2.65. The highest BCUT2D eigenvalue weighted by Crippen LogP contribution is 2.09. The van der Waals surface area contributed by atoms with Crippen molar-refractivity contribution in [3.8, 4) is 0 Å². The molecule has 0 saturated heterocycles. The van der Waals surface area contributed by atoms with Gasteiger partial charge in [-0.05, 0) is 24.0 Å². The van der Waals surface area contributed by atoms with Crippen molar-refractivity contribution in [3.05, 3.63) is 48.6 Å². The quantitative estimate of drug-likeness (QED) is 0.481. The van der Waals surface area contributed by atoms with Crippen LogP contribution in [0.15, 0.2) is 43.0 Å².